The van der Waals surface area contributed by atoms with E-state index in [1.54, 1.807) is 0 Å². The molecular weight excluding hydrogens is 352 g/mol. The largest absolute Gasteiger partial charge is 0.391 e. The molecule has 0 bridgehead atoms. The zero-order chi connectivity index (χ0) is 18.5. The van der Waals surface area contributed by atoms with Crippen LogP contribution in [0.2, 0.25) is 0 Å². The number of hydrogen-bond acceptors (Lipinski definition) is 11. The van der Waals surface area contributed by atoms with Gasteiger partial charge in [0.2, 0.25) is 36.2 Å². The zero-order valence-electron chi connectivity index (χ0n) is 13.7. The van der Waals surface area contributed by atoms with Gasteiger partial charge in [-0.25, -0.2) is 0 Å². The molecule has 2 saturated heterocycles. The minimum absolute atomic E-state index is 0.0728. The molecule has 0 aromatic rings. The molecule has 4 unspecified atom stereocenters. The van der Waals surface area contributed by atoms with Gasteiger partial charge in [0, 0.05) is 0 Å². The Hall–Kier alpha value is -1.68. The maximum absolute atomic E-state index is 12.3. The van der Waals surface area contributed by atoms with Crippen LogP contribution < -0.4 is 22.1 Å². The number of rotatable bonds is 4. The fourth-order valence-corrected chi connectivity index (χ4v) is 3.40. The Balaban J connectivity index is 1.75. The second-order valence-corrected chi connectivity index (χ2v) is 6.30. The zero-order valence-corrected chi connectivity index (χ0v) is 13.7. The van der Waals surface area contributed by atoms with Gasteiger partial charge in [-0.15, -0.1) is 0 Å². The monoisotopic (exact) mass is 373 g/mol. The lowest BCUT2D eigenvalue weighted by Gasteiger charge is -2.43. The van der Waals surface area contributed by atoms with Crippen molar-refractivity contribution < 1.29 is 38.4 Å². The maximum atomic E-state index is 12.3. The van der Waals surface area contributed by atoms with Gasteiger partial charge in [-0.1, -0.05) is 0 Å². The van der Waals surface area contributed by atoms with Crippen molar-refractivity contribution in [3.05, 3.63) is 11.5 Å². The van der Waals surface area contributed by atoms with Crippen molar-refractivity contribution in [2.45, 2.75) is 30.9 Å². The summed E-state index contributed by atoms with van der Waals surface area (Å²) in [5.41, 5.74) is 11.8. The molecule has 4 rings (SSSR count). The maximum Gasteiger partial charge on any atom is 0.281 e. The lowest BCUT2D eigenvalue weighted by Crippen LogP contribution is -2.77. The summed E-state index contributed by atoms with van der Waals surface area (Å²) in [6.45, 7) is -0.509. The number of nitrogens with one attached hydrogen (secondary N) is 2. The van der Waals surface area contributed by atoms with E-state index in [2.05, 4.69) is 15.6 Å². The van der Waals surface area contributed by atoms with Crippen molar-refractivity contribution in [3.8, 4) is 0 Å². The smallest absolute Gasteiger partial charge is 0.281 e. The molecule has 0 aliphatic carbocycles. The lowest BCUT2D eigenvalue weighted by atomic mass is 10.2. The number of nitrogens with two attached hydrogens (primary N) is 2. The Morgan fingerprint density at radius 3 is 2.23 bits per heavy atom. The predicted molar refractivity (Wildman–Crippen MR) is 81.6 cm³/mol. The van der Waals surface area contributed by atoms with Gasteiger partial charge >= 0.3 is 0 Å². The minimum Gasteiger partial charge on any atom is -0.391 e. The first-order valence-electron chi connectivity index (χ1n) is 8.02. The van der Waals surface area contributed by atoms with Crippen molar-refractivity contribution in [3.63, 3.8) is 0 Å². The highest BCUT2D eigenvalue weighted by Gasteiger charge is 2.61. The number of ether oxygens (including phenoxy) is 4. The number of aliphatic imine (C=N–C) groups is 1. The third-order valence-electron chi connectivity index (χ3n) is 4.57. The van der Waals surface area contributed by atoms with Gasteiger partial charge in [-0.3, -0.25) is 31.1 Å². The Morgan fingerprint density at radius 1 is 1.15 bits per heavy atom. The Morgan fingerprint density at radius 2 is 1.73 bits per heavy atom. The van der Waals surface area contributed by atoms with Gasteiger partial charge in [0.05, 0.1) is 13.2 Å². The van der Waals surface area contributed by atoms with Crippen molar-refractivity contribution >= 4 is 12.2 Å². The Bertz CT molecular complexity index is 645. The van der Waals surface area contributed by atoms with E-state index in [1.807, 2.05) is 0 Å². The molecule has 1 amide bonds. The first kappa shape index (κ1) is 17.7. The van der Waals surface area contributed by atoms with Gasteiger partial charge < -0.3 is 25.0 Å². The molecule has 144 valence electrons. The highest BCUT2D eigenvalue weighted by atomic mass is 16.8. The molecule has 0 aromatic heterocycles. The molecule has 0 radical (unpaired) electrons. The van der Waals surface area contributed by atoms with Crippen molar-refractivity contribution in [2.24, 2.45) is 16.5 Å². The third-order valence-corrected chi connectivity index (χ3v) is 4.57. The topological polar surface area (TPSA) is 183 Å². The van der Waals surface area contributed by atoms with Crippen LogP contribution in [0.4, 0.5) is 0 Å². The highest BCUT2D eigenvalue weighted by molar-refractivity contribution is 5.97. The summed E-state index contributed by atoms with van der Waals surface area (Å²) in [4.78, 5) is 16.5. The molecule has 4 heterocycles. The summed E-state index contributed by atoms with van der Waals surface area (Å²) in [5, 5.41) is 23.8. The van der Waals surface area contributed by atoms with Crippen molar-refractivity contribution in [1.29, 1.82) is 0 Å². The van der Waals surface area contributed by atoms with E-state index in [4.69, 9.17) is 30.4 Å². The lowest BCUT2D eigenvalue weighted by molar-refractivity contribution is -0.893. The average Bonchev–Trinajstić information content (AvgIpc) is 3.31. The number of carbonyl (C=O) groups is 1. The number of aliphatic hydroxyl groups is 2. The van der Waals surface area contributed by atoms with E-state index >= 15 is 0 Å². The summed E-state index contributed by atoms with van der Waals surface area (Å²) >= 11 is 0. The van der Waals surface area contributed by atoms with Crippen LogP contribution in [-0.4, -0.2) is 84.3 Å². The van der Waals surface area contributed by atoms with E-state index < -0.39 is 36.9 Å². The number of nitrogens with zero attached hydrogens (tertiary/aromatic N) is 2. The van der Waals surface area contributed by atoms with Crippen LogP contribution in [0.1, 0.15) is 0 Å². The first-order valence-corrected chi connectivity index (χ1v) is 8.02. The highest BCUT2D eigenvalue weighted by Crippen LogP contribution is 2.39. The molecule has 13 heteroatoms. The minimum atomic E-state index is -1.71. The van der Waals surface area contributed by atoms with Crippen LogP contribution in [0, 0.1) is 0 Å². The number of carbonyl (C=O) groups excluding carboxylic acids is 1. The second-order valence-electron chi connectivity index (χ2n) is 6.30. The number of hydrogen-bond donors (Lipinski definition) is 6. The van der Waals surface area contributed by atoms with E-state index in [9.17, 15) is 15.0 Å². The van der Waals surface area contributed by atoms with Crippen LogP contribution in [0.3, 0.4) is 0 Å². The first-order chi connectivity index (χ1) is 12.4. The van der Waals surface area contributed by atoms with Gasteiger partial charge in [0.15, 0.2) is 12.6 Å². The van der Waals surface area contributed by atoms with Crippen LogP contribution in [0.5, 0.6) is 0 Å². The molecule has 13 nitrogen and oxygen atoms in total. The second kappa shape index (κ2) is 6.19. The number of amides is 1. The van der Waals surface area contributed by atoms with Crippen LogP contribution in [0.15, 0.2) is 16.5 Å². The Kier molecular flexibility index (Phi) is 4.22. The SMILES string of the molecule is NC1(N)NC(=O)C2=C(N1)[N+](C1COC(CO)O1)(C1COC(CO)O1)C=N2. The van der Waals surface area contributed by atoms with Gasteiger partial charge in [-0.05, 0) is 0 Å². The van der Waals surface area contributed by atoms with Crippen LogP contribution in [0.25, 0.3) is 0 Å². The van der Waals surface area contributed by atoms with Gasteiger partial charge in [0.25, 0.3) is 5.91 Å². The summed E-state index contributed by atoms with van der Waals surface area (Å²) in [6, 6.07) is 0. The molecule has 0 saturated carbocycles. The summed E-state index contributed by atoms with van der Waals surface area (Å²) in [6.07, 6.45) is -1.64. The van der Waals surface area contributed by atoms with E-state index in [0.717, 1.165) is 0 Å². The molecule has 8 N–H and O–H groups in total. The molecule has 4 aliphatic heterocycles. The normalized spacial score (nSPS) is 41.3. The molecule has 26 heavy (non-hydrogen) atoms. The molecule has 2 fully saturated rings. The third kappa shape index (κ3) is 2.61. The number of quaternary nitrogens is 1. The molecular formula is C13H21N6O7+. The molecule has 4 aliphatic rings. The molecule has 0 spiro atoms. The van der Waals surface area contributed by atoms with E-state index in [0.29, 0.717) is 0 Å². The van der Waals surface area contributed by atoms with Gasteiger partial charge in [-0.2, -0.15) is 9.48 Å². The van der Waals surface area contributed by atoms with Crippen molar-refractivity contribution in [1.82, 2.24) is 10.6 Å². The summed E-state index contributed by atoms with van der Waals surface area (Å²) < 4.78 is 22.1. The standard InChI is InChI=1S/C13H20N6O7/c14-13(15)17-11-10(12(22)18-13)16-5-19(11,6-3-23-8(1-20)25-6)7-4-24-9(2-21)26-7/h5-9,20-21H,1-4,14-15H2,(H-,17,18,22)/p+1. The van der Waals surface area contributed by atoms with Crippen LogP contribution >= 0.6 is 0 Å². The fourth-order valence-electron chi connectivity index (χ4n) is 3.40. The van der Waals surface area contributed by atoms with Crippen molar-refractivity contribution in [2.75, 3.05) is 26.4 Å². The van der Waals surface area contributed by atoms with Crippen LogP contribution in [-0.2, 0) is 23.7 Å². The Labute approximate surface area is 147 Å². The number of aliphatic hydroxyl groups excluding tert-OH is 2. The predicted octanol–water partition coefficient (Wildman–Crippen LogP) is -4.36. The molecule has 0 aromatic carbocycles. The molecule has 4 atom stereocenters. The quantitative estimate of drug-likeness (QED) is 0.208. The van der Waals surface area contributed by atoms with Gasteiger partial charge in [0.1, 0.15) is 13.2 Å². The van der Waals surface area contributed by atoms with E-state index in [1.165, 1.54) is 6.34 Å². The van der Waals surface area contributed by atoms with E-state index in [-0.39, 0.29) is 42.4 Å². The summed E-state index contributed by atoms with van der Waals surface area (Å²) in [7, 11) is 0. The summed E-state index contributed by atoms with van der Waals surface area (Å²) in [5.74, 6) is -2.01. The average molecular weight is 373 g/mol. The fraction of sp³-hybridized carbons (Fsp3) is 0.692.